The number of methoxy groups -OCH3 is 1. The lowest BCUT2D eigenvalue weighted by atomic mass is 10.3. The predicted octanol–water partition coefficient (Wildman–Crippen LogP) is 1.95. The number of hydrogen-bond donors (Lipinski definition) is 3. The fourth-order valence-corrected chi connectivity index (χ4v) is 3.70. The van der Waals surface area contributed by atoms with Gasteiger partial charge in [-0.25, -0.2) is 18.7 Å². The molecule has 0 aliphatic carbocycles. The summed E-state index contributed by atoms with van der Waals surface area (Å²) in [5.41, 5.74) is 0. The summed E-state index contributed by atoms with van der Waals surface area (Å²) < 4.78 is 45.5. The molecule has 0 aliphatic rings. The van der Waals surface area contributed by atoms with E-state index in [0.29, 0.717) is 11.7 Å². The zero-order valence-corrected chi connectivity index (χ0v) is 19.9. The average Bonchev–Trinajstić information content (AvgIpc) is 3.23. The maximum absolute atomic E-state index is 13.2. The van der Waals surface area contributed by atoms with Gasteiger partial charge in [-0.1, -0.05) is 11.6 Å². The van der Waals surface area contributed by atoms with Crippen LogP contribution >= 0.6 is 11.6 Å². The normalized spacial score (nSPS) is 12.5. The second kappa shape index (κ2) is 9.68. The molecule has 0 spiro atoms. The Kier molecular flexibility index (Phi) is 7.14. The van der Waals surface area contributed by atoms with Crippen molar-refractivity contribution in [2.75, 3.05) is 43.2 Å². The molecule has 3 aromatic heterocycles. The molecule has 3 heterocycles. The molecule has 0 saturated carbocycles. The molecule has 0 radical (unpaired) electrons. The summed E-state index contributed by atoms with van der Waals surface area (Å²) in [5, 5.41) is 12.5. The monoisotopic (exact) mass is 500 g/mol. The highest BCUT2D eigenvalue weighted by molar-refractivity contribution is 7.90. The SMILES string of the molecule is COc1cc(Nc2nc(N[C@@H](C)c3ncc(F)cn3)nc(N(C)S(=O)(=O)N(C)C)c2Cl)[nH]n1. The van der Waals surface area contributed by atoms with Crippen LogP contribution in [0, 0.1) is 5.82 Å². The standard InChI is InChI=1S/C17H22ClFN10O3S/c1-9(14-20-7-10(19)8-21-14)22-17-24-15(23-11-6-12(32-5)27-26-11)13(18)16(25-17)29(4)33(30,31)28(2)3/h6-9H,1-5H3,(H3,22,23,24,25,26,27)/t9-/m0/s1. The van der Waals surface area contributed by atoms with Gasteiger partial charge in [-0.2, -0.15) is 22.7 Å². The summed E-state index contributed by atoms with van der Waals surface area (Å²) in [6, 6.07) is 1.01. The topological polar surface area (TPSA) is 154 Å². The summed E-state index contributed by atoms with van der Waals surface area (Å²) in [7, 11) is 1.61. The highest BCUT2D eigenvalue weighted by Gasteiger charge is 2.27. The molecule has 0 fully saturated rings. The van der Waals surface area contributed by atoms with Crippen LogP contribution in [0.15, 0.2) is 18.5 Å². The van der Waals surface area contributed by atoms with Crippen molar-refractivity contribution in [1.29, 1.82) is 0 Å². The van der Waals surface area contributed by atoms with Gasteiger partial charge in [-0.3, -0.25) is 5.10 Å². The molecule has 33 heavy (non-hydrogen) atoms. The second-order valence-electron chi connectivity index (χ2n) is 6.87. The lowest BCUT2D eigenvalue weighted by Crippen LogP contribution is -2.38. The molecule has 178 valence electrons. The Bertz CT molecular complexity index is 1220. The first-order valence-electron chi connectivity index (χ1n) is 9.37. The molecule has 0 unspecified atom stereocenters. The third-order valence-corrected chi connectivity index (χ3v) is 6.47. The third kappa shape index (κ3) is 5.37. The van der Waals surface area contributed by atoms with Crippen LogP contribution in [0.1, 0.15) is 18.8 Å². The van der Waals surface area contributed by atoms with Gasteiger partial charge in [0.2, 0.25) is 11.8 Å². The molecule has 0 aliphatic heterocycles. The number of hydrogen-bond acceptors (Lipinski definition) is 10. The van der Waals surface area contributed by atoms with Crippen molar-refractivity contribution in [1.82, 2.24) is 34.4 Å². The van der Waals surface area contributed by atoms with Crippen LogP contribution in [0.25, 0.3) is 0 Å². The van der Waals surface area contributed by atoms with Crippen LogP contribution in [0.3, 0.4) is 0 Å². The average molecular weight is 501 g/mol. The van der Waals surface area contributed by atoms with Gasteiger partial charge in [-0.05, 0) is 6.92 Å². The van der Waals surface area contributed by atoms with Gasteiger partial charge in [0.1, 0.15) is 16.7 Å². The summed E-state index contributed by atoms with van der Waals surface area (Å²) >= 11 is 6.48. The molecule has 0 saturated heterocycles. The Morgan fingerprint density at radius 2 is 1.88 bits per heavy atom. The molecule has 3 rings (SSSR count). The lowest BCUT2D eigenvalue weighted by Gasteiger charge is -2.24. The molecule has 13 nitrogen and oxygen atoms in total. The van der Waals surface area contributed by atoms with E-state index in [9.17, 15) is 12.8 Å². The fourth-order valence-electron chi connectivity index (χ4n) is 2.55. The van der Waals surface area contributed by atoms with E-state index in [1.54, 1.807) is 13.0 Å². The number of aromatic amines is 1. The number of nitrogens with zero attached hydrogens (tertiary/aromatic N) is 7. The Morgan fingerprint density at radius 1 is 1.21 bits per heavy atom. The molecule has 3 aromatic rings. The van der Waals surface area contributed by atoms with Crippen molar-refractivity contribution in [3.05, 3.63) is 35.1 Å². The first kappa shape index (κ1) is 24.3. The van der Waals surface area contributed by atoms with Crippen LogP contribution in [-0.4, -0.2) is 71.1 Å². The zero-order valence-electron chi connectivity index (χ0n) is 18.3. The molecule has 0 bridgehead atoms. The lowest BCUT2D eigenvalue weighted by molar-refractivity contribution is 0.397. The molecular weight excluding hydrogens is 479 g/mol. The van der Waals surface area contributed by atoms with Crippen molar-refractivity contribution in [3.8, 4) is 5.88 Å². The minimum absolute atomic E-state index is 0.0182. The molecule has 0 aromatic carbocycles. The van der Waals surface area contributed by atoms with Crippen LogP contribution < -0.4 is 19.7 Å². The van der Waals surface area contributed by atoms with Gasteiger partial charge >= 0.3 is 10.2 Å². The van der Waals surface area contributed by atoms with E-state index in [0.717, 1.165) is 21.0 Å². The quantitative estimate of drug-likeness (QED) is 0.397. The molecule has 1 atom stereocenters. The summed E-state index contributed by atoms with van der Waals surface area (Å²) in [5.74, 6) is 0.414. The highest BCUT2D eigenvalue weighted by Crippen LogP contribution is 2.34. The zero-order chi connectivity index (χ0) is 24.3. The van der Waals surface area contributed by atoms with Crippen molar-refractivity contribution >= 4 is 45.2 Å². The first-order chi connectivity index (χ1) is 15.5. The number of ether oxygens (including phenoxy) is 1. The van der Waals surface area contributed by atoms with Gasteiger partial charge in [0, 0.05) is 27.2 Å². The Labute approximate surface area is 194 Å². The Balaban J connectivity index is 2.03. The third-order valence-electron chi connectivity index (χ3n) is 4.33. The number of halogens is 2. The largest absolute Gasteiger partial charge is 0.480 e. The minimum Gasteiger partial charge on any atom is -0.480 e. The number of H-pyrrole nitrogens is 1. The van der Waals surface area contributed by atoms with E-state index in [2.05, 4.69) is 40.8 Å². The van der Waals surface area contributed by atoms with Gasteiger partial charge in [0.15, 0.2) is 17.5 Å². The van der Waals surface area contributed by atoms with Gasteiger partial charge < -0.3 is 15.4 Å². The van der Waals surface area contributed by atoms with Crippen LogP contribution in [0.4, 0.5) is 27.8 Å². The van der Waals surface area contributed by atoms with Crippen LogP contribution in [0.2, 0.25) is 5.02 Å². The summed E-state index contributed by atoms with van der Waals surface area (Å²) in [4.78, 5) is 16.5. The number of rotatable bonds is 9. The molecular formula is C17H22ClFN10O3S. The van der Waals surface area contributed by atoms with Crippen molar-refractivity contribution in [3.63, 3.8) is 0 Å². The van der Waals surface area contributed by atoms with E-state index >= 15 is 0 Å². The Hall–Kier alpha value is -3.30. The molecule has 3 N–H and O–H groups in total. The van der Waals surface area contributed by atoms with E-state index < -0.39 is 22.1 Å². The van der Waals surface area contributed by atoms with Crippen molar-refractivity contribution in [2.24, 2.45) is 0 Å². The fraction of sp³-hybridized carbons (Fsp3) is 0.353. The first-order valence-corrected chi connectivity index (χ1v) is 11.1. The van der Waals surface area contributed by atoms with Gasteiger partial charge in [0.25, 0.3) is 0 Å². The van der Waals surface area contributed by atoms with Crippen molar-refractivity contribution in [2.45, 2.75) is 13.0 Å². The van der Waals surface area contributed by atoms with Gasteiger partial charge in [0.05, 0.1) is 25.5 Å². The van der Waals surface area contributed by atoms with E-state index in [-0.39, 0.29) is 28.4 Å². The summed E-state index contributed by atoms with van der Waals surface area (Å²) in [6.45, 7) is 1.71. The highest BCUT2D eigenvalue weighted by atomic mass is 35.5. The number of anilines is 4. The maximum Gasteiger partial charge on any atom is 0.304 e. The van der Waals surface area contributed by atoms with Crippen molar-refractivity contribution < 1.29 is 17.5 Å². The molecule has 0 amide bonds. The van der Waals surface area contributed by atoms with E-state index in [1.807, 2.05) is 0 Å². The number of aromatic nitrogens is 6. The summed E-state index contributed by atoms with van der Waals surface area (Å²) in [6.07, 6.45) is 2.06. The van der Waals surface area contributed by atoms with Gasteiger partial charge in [-0.15, -0.1) is 5.10 Å². The number of nitrogens with one attached hydrogen (secondary N) is 3. The minimum atomic E-state index is -3.91. The van der Waals surface area contributed by atoms with E-state index in [1.165, 1.54) is 28.3 Å². The molecule has 16 heteroatoms. The predicted molar refractivity (Wildman–Crippen MR) is 121 cm³/mol. The van der Waals surface area contributed by atoms with Crippen LogP contribution in [-0.2, 0) is 10.2 Å². The Morgan fingerprint density at radius 3 is 2.45 bits per heavy atom. The van der Waals surface area contributed by atoms with Crippen LogP contribution in [0.5, 0.6) is 5.88 Å². The van der Waals surface area contributed by atoms with E-state index in [4.69, 9.17) is 16.3 Å². The maximum atomic E-state index is 13.2. The second-order valence-corrected chi connectivity index (χ2v) is 9.42. The smallest absolute Gasteiger partial charge is 0.304 e.